The zero-order valence-electron chi connectivity index (χ0n) is 13.3. The molecule has 0 heterocycles. The van der Waals surface area contributed by atoms with Crippen LogP contribution in [-0.4, -0.2) is 22.6 Å². The summed E-state index contributed by atoms with van der Waals surface area (Å²) in [4.78, 5) is 35.0. The monoisotopic (exact) mass is 310 g/mol. The van der Waals surface area contributed by atoms with Gasteiger partial charge in [-0.2, -0.15) is 0 Å². The second kappa shape index (κ2) is 6.57. The number of hydrogen-bond acceptors (Lipinski definition) is 3. The van der Waals surface area contributed by atoms with E-state index in [9.17, 15) is 14.4 Å². The van der Waals surface area contributed by atoms with Crippen LogP contribution in [0, 0.1) is 0 Å². The third-order valence-electron chi connectivity index (χ3n) is 4.09. The lowest BCUT2D eigenvalue weighted by atomic mass is 9.83. The molecule has 4 nitrogen and oxygen atoms in total. The van der Waals surface area contributed by atoms with Gasteiger partial charge in [-0.05, 0) is 38.0 Å². The lowest BCUT2D eigenvalue weighted by molar-refractivity contribution is -0.131. The highest BCUT2D eigenvalue weighted by Gasteiger charge is 2.27. The largest absolute Gasteiger partial charge is 0.478 e. The molecule has 0 spiro atoms. The second-order valence-electron chi connectivity index (χ2n) is 5.60. The summed E-state index contributed by atoms with van der Waals surface area (Å²) in [6, 6.07) is 7.24. The van der Waals surface area contributed by atoms with Gasteiger partial charge in [0.1, 0.15) is 0 Å². The van der Waals surface area contributed by atoms with Crippen molar-refractivity contribution in [2.24, 2.45) is 0 Å². The number of carbonyl (C=O) groups excluding carboxylic acids is 2. The Hall–Kier alpha value is -2.75. The van der Waals surface area contributed by atoms with Crippen LogP contribution in [0.25, 0.3) is 6.08 Å². The number of Topliss-reactive ketones (excluding diaryl/α,β-unsaturated/α-hetero) is 2. The molecule has 1 aliphatic rings. The van der Waals surface area contributed by atoms with Gasteiger partial charge in [0.05, 0.1) is 0 Å². The van der Waals surface area contributed by atoms with Crippen LogP contribution in [0.4, 0.5) is 0 Å². The van der Waals surface area contributed by atoms with E-state index in [0.29, 0.717) is 28.7 Å². The quantitative estimate of drug-likeness (QED) is 0.685. The van der Waals surface area contributed by atoms with E-state index in [0.717, 1.165) is 17.2 Å². The topological polar surface area (TPSA) is 71.4 Å². The van der Waals surface area contributed by atoms with Crippen molar-refractivity contribution in [3.63, 3.8) is 0 Å². The molecule has 1 aromatic rings. The molecular formula is C19H18O4. The second-order valence-corrected chi connectivity index (χ2v) is 5.60. The Morgan fingerprint density at radius 1 is 0.957 bits per heavy atom. The molecule has 23 heavy (non-hydrogen) atoms. The lowest BCUT2D eigenvalue weighted by Gasteiger charge is -2.18. The van der Waals surface area contributed by atoms with Crippen molar-refractivity contribution in [2.75, 3.05) is 0 Å². The summed E-state index contributed by atoms with van der Waals surface area (Å²) in [7, 11) is 0. The molecule has 0 unspecified atom stereocenters. The van der Waals surface area contributed by atoms with Crippen molar-refractivity contribution >= 4 is 23.6 Å². The summed E-state index contributed by atoms with van der Waals surface area (Å²) in [6.45, 7) is 5.05. The summed E-state index contributed by atoms with van der Waals surface area (Å²) >= 11 is 0. The molecule has 0 amide bonds. The van der Waals surface area contributed by atoms with E-state index in [1.54, 1.807) is 32.9 Å². The number of hydrogen-bond donors (Lipinski definition) is 1. The Morgan fingerprint density at radius 2 is 1.52 bits per heavy atom. The minimum Gasteiger partial charge on any atom is -0.478 e. The Balaban J connectivity index is 2.24. The zero-order chi connectivity index (χ0) is 17.1. The highest BCUT2D eigenvalue weighted by molar-refractivity contribution is 6.24. The third-order valence-corrected chi connectivity index (χ3v) is 4.09. The van der Waals surface area contributed by atoms with Crippen LogP contribution in [-0.2, 0) is 20.8 Å². The SMILES string of the molecule is CC1=C(C)C(=O)C(Cc2ccc(C=CC(=O)O)cc2)=C(C)C1=O. The molecule has 0 bridgehead atoms. The first kappa shape index (κ1) is 16.6. The molecule has 0 aliphatic heterocycles. The molecule has 0 fully saturated rings. The van der Waals surface area contributed by atoms with Crippen molar-refractivity contribution < 1.29 is 19.5 Å². The van der Waals surface area contributed by atoms with Crippen LogP contribution in [0.2, 0.25) is 0 Å². The van der Waals surface area contributed by atoms with Gasteiger partial charge in [0.25, 0.3) is 0 Å². The number of ketones is 2. The van der Waals surface area contributed by atoms with Crippen LogP contribution < -0.4 is 0 Å². The van der Waals surface area contributed by atoms with E-state index in [2.05, 4.69) is 0 Å². The summed E-state index contributed by atoms with van der Waals surface area (Å²) in [5.74, 6) is -1.15. The van der Waals surface area contributed by atoms with Gasteiger partial charge in [0.2, 0.25) is 0 Å². The van der Waals surface area contributed by atoms with Crippen molar-refractivity contribution in [3.05, 3.63) is 63.8 Å². The molecule has 1 aliphatic carbocycles. The van der Waals surface area contributed by atoms with Gasteiger partial charge in [-0.25, -0.2) is 4.79 Å². The van der Waals surface area contributed by atoms with E-state index in [1.807, 2.05) is 12.1 Å². The molecule has 0 aromatic heterocycles. The fourth-order valence-corrected chi connectivity index (χ4v) is 2.49. The Labute approximate surface area is 134 Å². The van der Waals surface area contributed by atoms with Crippen molar-refractivity contribution in [1.29, 1.82) is 0 Å². The molecule has 1 aromatic carbocycles. The van der Waals surface area contributed by atoms with Gasteiger partial charge in [-0.15, -0.1) is 0 Å². The first-order chi connectivity index (χ1) is 10.8. The van der Waals surface area contributed by atoms with Gasteiger partial charge in [0, 0.05) is 34.8 Å². The van der Waals surface area contributed by atoms with Gasteiger partial charge in [0.15, 0.2) is 11.6 Å². The molecule has 0 saturated carbocycles. The smallest absolute Gasteiger partial charge is 0.328 e. The van der Waals surface area contributed by atoms with E-state index in [4.69, 9.17) is 5.11 Å². The van der Waals surface area contributed by atoms with E-state index in [1.165, 1.54) is 6.08 Å². The van der Waals surface area contributed by atoms with Crippen molar-refractivity contribution in [2.45, 2.75) is 27.2 Å². The Morgan fingerprint density at radius 3 is 2.09 bits per heavy atom. The molecule has 4 heteroatoms. The maximum absolute atomic E-state index is 12.4. The molecule has 0 atom stereocenters. The average Bonchev–Trinajstić information content (AvgIpc) is 2.54. The summed E-state index contributed by atoms with van der Waals surface area (Å²) in [5, 5.41) is 8.61. The maximum atomic E-state index is 12.4. The fraction of sp³-hybridized carbons (Fsp3) is 0.211. The average molecular weight is 310 g/mol. The van der Waals surface area contributed by atoms with E-state index >= 15 is 0 Å². The van der Waals surface area contributed by atoms with E-state index < -0.39 is 5.97 Å². The lowest BCUT2D eigenvalue weighted by Crippen LogP contribution is -2.21. The summed E-state index contributed by atoms with van der Waals surface area (Å²) in [6.07, 6.45) is 2.97. The fourth-order valence-electron chi connectivity index (χ4n) is 2.49. The normalized spacial score (nSPS) is 15.8. The zero-order valence-corrected chi connectivity index (χ0v) is 13.3. The number of aliphatic carboxylic acids is 1. The van der Waals surface area contributed by atoms with Crippen LogP contribution >= 0.6 is 0 Å². The first-order valence-electron chi connectivity index (χ1n) is 7.28. The third kappa shape index (κ3) is 3.54. The van der Waals surface area contributed by atoms with Crippen LogP contribution in [0.3, 0.4) is 0 Å². The highest BCUT2D eigenvalue weighted by atomic mass is 16.4. The van der Waals surface area contributed by atoms with Gasteiger partial charge in [-0.1, -0.05) is 24.3 Å². The van der Waals surface area contributed by atoms with Crippen molar-refractivity contribution in [1.82, 2.24) is 0 Å². The number of carbonyl (C=O) groups is 3. The van der Waals surface area contributed by atoms with E-state index in [-0.39, 0.29) is 11.6 Å². The molecule has 2 rings (SSSR count). The van der Waals surface area contributed by atoms with Crippen molar-refractivity contribution in [3.8, 4) is 0 Å². The number of benzene rings is 1. The van der Waals surface area contributed by atoms with Crippen LogP contribution in [0.1, 0.15) is 31.9 Å². The molecule has 118 valence electrons. The molecule has 1 N–H and O–H groups in total. The number of allylic oxidation sites excluding steroid dienone is 4. The number of rotatable bonds is 4. The Bertz CT molecular complexity index is 774. The first-order valence-corrected chi connectivity index (χ1v) is 7.28. The Kier molecular flexibility index (Phi) is 4.74. The maximum Gasteiger partial charge on any atom is 0.328 e. The van der Waals surface area contributed by atoms with Gasteiger partial charge >= 0.3 is 5.97 Å². The molecular weight excluding hydrogens is 292 g/mol. The molecule has 0 saturated heterocycles. The minimum absolute atomic E-state index is 0.0712. The number of carboxylic acid groups (broad SMARTS) is 1. The van der Waals surface area contributed by atoms with Gasteiger partial charge in [-0.3, -0.25) is 9.59 Å². The van der Waals surface area contributed by atoms with Gasteiger partial charge < -0.3 is 5.11 Å². The predicted octanol–water partition coefficient (Wildman–Crippen LogP) is 3.13. The standard InChI is InChI=1S/C19H18O4/c1-11-12(2)19(23)16(13(3)18(11)22)10-15-6-4-14(5-7-15)8-9-17(20)21/h4-9H,10H2,1-3H3,(H,20,21). The summed E-state index contributed by atoms with van der Waals surface area (Å²) in [5.41, 5.74) is 3.74. The van der Waals surface area contributed by atoms with Crippen LogP contribution in [0.15, 0.2) is 52.6 Å². The highest BCUT2D eigenvalue weighted by Crippen LogP contribution is 2.26. The summed E-state index contributed by atoms with van der Waals surface area (Å²) < 4.78 is 0. The van der Waals surface area contributed by atoms with Crippen LogP contribution in [0.5, 0.6) is 0 Å². The predicted molar refractivity (Wildman–Crippen MR) is 87.9 cm³/mol. The minimum atomic E-state index is -1.00. The number of carboxylic acids is 1. The molecule has 0 radical (unpaired) electrons.